The largest absolute Gasteiger partial charge is 0.375 e. The highest BCUT2D eigenvalue weighted by atomic mass is 32.1. The number of hydrogen-bond donors (Lipinski definition) is 1. The van der Waals surface area contributed by atoms with Crippen LogP contribution >= 0.6 is 11.3 Å². The van der Waals surface area contributed by atoms with Gasteiger partial charge < -0.3 is 10.6 Å². The summed E-state index contributed by atoms with van der Waals surface area (Å²) in [6, 6.07) is 1.36. The van der Waals surface area contributed by atoms with Gasteiger partial charge in [0.1, 0.15) is 17.7 Å². The van der Waals surface area contributed by atoms with Crippen LogP contribution in [0.5, 0.6) is 0 Å². The van der Waals surface area contributed by atoms with Gasteiger partial charge in [0, 0.05) is 24.4 Å². The number of thiazole rings is 1. The molecule has 3 aromatic rings. The first-order chi connectivity index (χ1) is 12.9. The third-order valence-electron chi connectivity index (χ3n) is 4.89. The molecule has 0 radical (unpaired) electrons. The topological polar surface area (TPSA) is 102 Å². The Kier molecular flexibility index (Phi) is 4.46. The van der Waals surface area contributed by atoms with Gasteiger partial charge in [-0.05, 0) is 18.4 Å². The minimum absolute atomic E-state index is 0.130. The number of nitrogen functional groups attached to an aromatic ring is 1. The molecule has 2 atom stereocenters. The number of carbonyl (C=O) groups excluding carboxylic acids is 1. The van der Waals surface area contributed by atoms with Gasteiger partial charge in [0.15, 0.2) is 5.13 Å². The first-order valence-corrected chi connectivity index (χ1v) is 9.31. The lowest BCUT2D eigenvalue weighted by Crippen LogP contribution is -2.42. The third kappa shape index (κ3) is 3.22. The van der Waals surface area contributed by atoms with E-state index >= 15 is 0 Å². The molecular formula is C16H17F2N7OS. The van der Waals surface area contributed by atoms with Crippen molar-refractivity contribution < 1.29 is 13.6 Å². The molecule has 27 heavy (non-hydrogen) atoms. The number of likely N-dealkylation sites (tertiary alicyclic amines) is 1. The van der Waals surface area contributed by atoms with Gasteiger partial charge in [0.25, 0.3) is 18.1 Å². The van der Waals surface area contributed by atoms with Crippen LogP contribution in [0.15, 0.2) is 17.8 Å². The van der Waals surface area contributed by atoms with E-state index in [0.717, 1.165) is 6.42 Å². The quantitative estimate of drug-likeness (QED) is 0.733. The second kappa shape index (κ2) is 6.80. The van der Waals surface area contributed by atoms with Gasteiger partial charge in [-0.25, -0.2) is 23.3 Å². The van der Waals surface area contributed by atoms with E-state index in [-0.39, 0.29) is 29.2 Å². The maximum absolute atomic E-state index is 13.3. The summed E-state index contributed by atoms with van der Waals surface area (Å²) in [6.07, 6.45) is -0.686. The zero-order chi connectivity index (χ0) is 19.1. The Balaban J connectivity index is 1.69. The van der Waals surface area contributed by atoms with Crippen LogP contribution in [0, 0.1) is 5.92 Å². The van der Waals surface area contributed by atoms with Crippen molar-refractivity contribution in [2.75, 3.05) is 18.8 Å². The second-order valence-electron chi connectivity index (χ2n) is 6.57. The molecule has 0 saturated carbocycles. The Morgan fingerprint density at radius 1 is 1.41 bits per heavy atom. The van der Waals surface area contributed by atoms with Crippen molar-refractivity contribution in [3.05, 3.63) is 34.9 Å². The summed E-state index contributed by atoms with van der Waals surface area (Å²) < 4.78 is 28.0. The van der Waals surface area contributed by atoms with Crippen LogP contribution < -0.4 is 5.73 Å². The van der Waals surface area contributed by atoms with Crippen LogP contribution in [0.2, 0.25) is 0 Å². The summed E-state index contributed by atoms with van der Waals surface area (Å²) in [7, 11) is 0. The fourth-order valence-corrected chi connectivity index (χ4v) is 3.95. The maximum atomic E-state index is 13.3. The molecule has 142 valence electrons. The SMILES string of the molecule is C[C@@H]1CCN(C(=O)c2csc(N)n2)C[C@H]1c1cc(C(F)F)nc2ncnn12. The lowest BCUT2D eigenvalue weighted by Gasteiger charge is -2.37. The van der Waals surface area contributed by atoms with Gasteiger partial charge in [0.05, 0.1) is 5.69 Å². The average molecular weight is 393 g/mol. The summed E-state index contributed by atoms with van der Waals surface area (Å²) in [4.78, 5) is 26.3. The Morgan fingerprint density at radius 2 is 2.22 bits per heavy atom. The lowest BCUT2D eigenvalue weighted by atomic mass is 9.84. The molecular weight excluding hydrogens is 376 g/mol. The number of amides is 1. The fourth-order valence-electron chi connectivity index (χ4n) is 3.42. The number of halogens is 2. The number of fused-ring (bicyclic) bond motifs is 1. The number of nitrogens with two attached hydrogens (primary N) is 1. The summed E-state index contributed by atoms with van der Waals surface area (Å²) in [5, 5.41) is 6.09. The molecule has 11 heteroatoms. The maximum Gasteiger partial charge on any atom is 0.280 e. The standard InChI is InChI=1S/C16H17F2N7OS/c1-8-2-3-24(14(26)11-6-27-15(19)22-11)5-9(8)12-4-10(13(17)18)23-16-20-7-21-25(12)16/h4,6-9,13H,2-3,5H2,1H3,(H2,19,22)/t8-,9-/m1/s1. The molecule has 4 heterocycles. The second-order valence-corrected chi connectivity index (χ2v) is 7.46. The van der Waals surface area contributed by atoms with E-state index in [1.807, 2.05) is 6.92 Å². The van der Waals surface area contributed by atoms with Crippen molar-refractivity contribution in [1.29, 1.82) is 0 Å². The smallest absolute Gasteiger partial charge is 0.280 e. The minimum atomic E-state index is -2.71. The Morgan fingerprint density at radius 3 is 2.93 bits per heavy atom. The summed E-state index contributed by atoms with van der Waals surface area (Å²) in [5.74, 6) is -0.0817. The van der Waals surface area contributed by atoms with E-state index in [0.29, 0.717) is 29.6 Å². The fraction of sp³-hybridized carbons (Fsp3) is 0.438. The van der Waals surface area contributed by atoms with Crippen LogP contribution in [0.25, 0.3) is 5.78 Å². The van der Waals surface area contributed by atoms with Gasteiger partial charge in [-0.2, -0.15) is 10.1 Å². The average Bonchev–Trinajstić information content (AvgIpc) is 3.29. The van der Waals surface area contributed by atoms with Crippen molar-refractivity contribution in [3.8, 4) is 0 Å². The van der Waals surface area contributed by atoms with Crippen molar-refractivity contribution in [3.63, 3.8) is 0 Å². The highest BCUT2D eigenvalue weighted by Crippen LogP contribution is 2.34. The van der Waals surface area contributed by atoms with Crippen LogP contribution in [0.3, 0.4) is 0 Å². The predicted octanol–water partition coefficient (Wildman–Crippen LogP) is 2.37. The van der Waals surface area contributed by atoms with E-state index < -0.39 is 6.43 Å². The van der Waals surface area contributed by atoms with Crippen LogP contribution in [-0.4, -0.2) is 48.5 Å². The van der Waals surface area contributed by atoms with E-state index in [4.69, 9.17) is 5.73 Å². The predicted molar refractivity (Wildman–Crippen MR) is 94.7 cm³/mol. The van der Waals surface area contributed by atoms with Gasteiger partial charge >= 0.3 is 0 Å². The molecule has 1 saturated heterocycles. The van der Waals surface area contributed by atoms with Gasteiger partial charge in [-0.15, -0.1) is 11.3 Å². The highest BCUT2D eigenvalue weighted by molar-refractivity contribution is 7.13. The first kappa shape index (κ1) is 17.7. The van der Waals surface area contributed by atoms with Gasteiger partial charge in [-0.3, -0.25) is 4.79 Å². The van der Waals surface area contributed by atoms with Crippen molar-refractivity contribution in [2.24, 2.45) is 5.92 Å². The zero-order valence-electron chi connectivity index (χ0n) is 14.4. The molecule has 0 spiro atoms. The van der Waals surface area contributed by atoms with Crippen LogP contribution in [0.1, 0.15) is 47.6 Å². The molecule has 8 nitrogen and oxygen atoms in total. The van der Waals surface area contributed by atoms with Crippen molar-refractivity contribution in [2.45, 2.75) is 25.7 Å². The van der Waals surface area contributed by atoms with E-state index in [9.17, 15) is 13.6 Å². The molecule has 2 N–H and O–H groups in total. The number of nitrogens with zero attached hydrogens (tertiary/aromatic N) is 6. The highest BCUT2D eigenvalue weighted by Gasteiger charge is 2.33. The first-order valence-electron chi connectivity index (χ1n) is 8.43. The summed E-state index contributed by atoms with van der Waals surface area (Å²) in [5.41, 5.74) is 6.17. The summed E-state index contributed by atoms with van der Waals surface area (Å²) >= 11 is 1.21. The number of piperidine rings is 1. The molecule has 0 unspecified atom stereocenters. The third-order valence-corrected chi connectivity index (χ3v) is 5.56. The molecule has 1 aliphatic rings. The van der Waals surface area contributed by atoms with Crippen LogP contribution in [0.4, 0.5) is 13.9 Å². The molecule has 1 amide bonds. The zero-order valence-corrected chi connectivity index (χ0v) is 15.2. The molecule has 0 aliphatic carbocycles. The van der Waals surface area contributed by atoms with E-state index in [1.54, 1.807) is 10.3 Å². The molecule has 4 rings (SSSR count). The lowest BCUT2D eigenvalue weighted by molar-refractivity contribution is 0.0660. The molecule has 0 bridgehead atoms. The van der Waals surface area contributed by atoms with Crippen molar-refractivity contribution in [1.82, 2.24) is 29.5 Å². The minimum Gasteiger partial charge on any atom is -0.375 e. The van der Waals surface area contributed by atoms with Gasteiger partial charge in [0.2, 0.25) is 0 Å². The monoisotopic (exact) mass is 393 g/mol. The molecule has 1 fully saturated rings. The Labute approximate surface area is 157 Å². The number of aromatic nitrogens is 5. The van der Waals surface area contributed by atoms with E-state index in [1.165, 1.54) is 28.2 Å². The van der Waals surface area contributed by atoms with Gasteiger partial charge in [-0.1, -0.05) is 6.92 Å². The number of anilines is 1. The number of alkyl halides is 2. The van der Waals surface area contributed by atoms with Crippen LogP contribution in [-0.2, 0) is 0 Å². The molecule has 1 aliphatic heterocycles. The molecule has 0 aromatic carbocycles. The number of hydrogen-bond acceptors (Lipinski definition) is 7. The number of rotatable bonds is 3. The Bertz CT molecular complexity index is 988. The Hall–Kier alpha value is -2.69. The van der Waals surface area contributed by atoms with E-state index in [2.05, 4.69) is 20.1 Å². The normalized spacial score (nSPS) is 20.5. The van der Waals surface area contributed by atoms with Crippen molar-refractivity contribution >= 4 is 28.2 Å². The summed E-state index contributed by atoms with van der Waals surface area (Å²) in [6.45, 7) is 2.98. The number of carbonyl (C=O) groups is 1. The molecule has 3 aromatic heterocycles.